The standard InChI is InChI=1S/C17H24N2O4/c1-4-22-14-9-19(3)8-11(14)18-17(21)15-10(2)23-13-7-5-6-12(20)16(13)15/h11,14H,4-9H2,1-3H3,(H,18,21)/t11-,14-/m0/s1. The highest BCUT2D eigenvalue weighted by Gasteiger charge is 2.35. The minimum atomic E-state index is -0.229. The fraction of sp³-hybridized carbons (Fsp3) is 0.647. The van der Waals surface area contributed by atoms with Gasteiger partial charge in [0.2, 0.25) is 0 Å². The molecule has 1 fully saturated rings. The van der Waals surface area contributed by atoms with E-state index in [-0.39, 0.29) is 23.8 Å². The monoisotopic (exact) mass is 320 g/mol. The molecule has 2 heterocycles. The molecule has 23 heavy (non-hydrogen) atoms. The van der Waals surface area contributed by atoms with E-state index in [4.69, 9.17) is 9.15 Å². The summed E-state index contributed by atoms with van der Waals surface area (Å²) in [6.07, 6.45) is 1.98. The maximum absolute atomic E-state index is 12.8. The average molecular weight is 320 g/mol. The molecule has 6 nitrogen and oxygen atoms in total. The maximum atomic E-state index is 12.8. The molecule has 0 radical (unpaired) electrons. The largest absolute Gasteiger partial charge is 0.465 e. The van der Waals surface area contributed by atoms with Crippen molar-refractivity contribution in [2.45, 2.75) is 45.3 Å². The van der Waals surface area contributed by atoms with Gasteiger partial charge in [0.05, 0.1) is 23.3 Å². The predicted octanol–water partition coefficient (Wildman–Crippen LogP) is 1.56. The van der Waals surface area contributed by atoms with E-state index in [1.54, 1.807) is 6.92 Å². The molecular weight excluding hydrogens is 296 g/mol. The number of likely N-dealkylation sites (N-methyl/N-ethyl adjacent to an activating group) is 1. The number of nitrogens with one attached hydrogen (secondary N) is 1. The third-order valence-electron chi connectivity index (χ3n) is 4.62. The number of hydrogen-bond acceptors (Lipinski definition) is 5. The average Bonchev–Trinajstić information content (AvgIpc) is 3.00. The highest BCUT2D eigenvalue weighted by molar-refractivity contribution is 6.10. The summed E-state index contributed by atoms with van der Waals surface area (Å²) in [7, 11) is 2.01. The number of ketones is 1. The van der Waals surface area contributed by atoms with Gasteiger partial charge in [-0.15, -0.1) is 0 Å². The summed E-state index contributed by atoms with van der Waals surface area (Å²) in [6, 6.07) is -0.0731. The number of fused-ring (bicyclic) bond motifs is 1. The number of furan rings is 1. The Morgan fingerprint density at radius 1 is 1.39 bits per heavy atom. The van der Waals surface area contributed by atoms with Gasteiger partial charge in [0.15, 0.2) is 5.78 Å². The van der Waals surface area contributed by atoms with Crippen molar-refractivity contribution in [3.8, 4) is 0 Å². The van der Waals surface area contributed by atoms with Crippen molar-refractivity contribution >= 4 is 11.7 Å². The molecule has 1 aromatic heterocycles. The number of Topliss-reactive ketones (excluding diaryl/α,β-unsaturated/α-hetero) is 1. The predicted molar refractivity (Wildman–Crippen MR) is 84.9 cm³/mol. The lowest BCUT2D eigenvalue weighted by Gasteiger charge is -2.20. The first kappa shape index (κ1) is 16.2. The van der Waals surface area contributed by atoms with Crippen molar-refractivity contribution in [1.29, 1.82) is 0 Å². The lowest BCUT2D eigenvalue weighted by atomic mass is 9.93. The van der Waals surface area contributed by atoms with Crippen LogP contribution in [0, 0.1) is 6.92 Å². The van der Waals surface area contributed by atoms with Gasteiger partial charge in [0.1, 0.15) is 11.5 Å². The number of hydrogen-bond donors (Lipinski definition) is 1. The molecule has 0 unspecified atom stereocenters. The van der Waals surface area contributed by atoms with Crippen LogP contribution < -0.4 is 5.32 Å². The van der Waals surface area contributed by atoms with E-state index >= 15 is 0 Å². The van der Waals surface area contributed by atoms with Crippen LogP contribution in [0.25, 0.3) is 0 Å². The van der Waals surface area contributed by atoms with Gasteiger partial charge in [-0.2, -0.15) is 0 Å². The van der Waals surface area contributed by atoms with Crippen LogP contribution in [0.2, 0.25) is 0 Å². The molecule has 1 saturated heterocycles. The number of likely N-dealkylation sites (tertiary alicyclic amines) is 1. The normalized spacial score (nSPS) is 24.7. The van der Waals surface area contributed by atoms with Crippen LogP contribution in [0.15, 0.2) is 4.42 Å². The Morgan fingerprint density at radius 3 is 2.91 bits per heavy atom. The Kier molecular flexibility index (Phi) is 4.55. The molecule has 2 aliphatic rings. The van der Waals surface area contributed by atoms with Crippen LogP contribution >= 0.6 is 0 Å². The van der Waals surface area contributed by atoms with E-state index in [9.17, 15) is 9.59 Å². The Labute approximate surface area is 136 Å². The van der Waals surface area contributed by atoms with Crippen molar-refractivity contribution in [2.24, 2.45) is 0 Å². The summed E-state index contributed by atoms with van der Waals surface area (Å²) >= 11 is 0. The smallest absolute Gasteiger partial charge is 0.255 e. The van der Waals surface area contributed by atoms with Crippen molar-refractivity contribution in [1.82, 2.24) is 10.2 Å². The molecule has 0 bridgehead atoms. The van der Waals surface area contributed by atoms with Gasteiger partial charge in [-0.3, -0.25) is 9.59 Å². The summed E-state index contributed by atoms with van der Waals surface area (Å²) in [4.78, 5) is 27.1. The number of carbonyl (C=O) groups excluding carboxylic acids is 2. The van der Waals surface area contributed by atoms with Gasteiger partial charge in [-0.25, -0.2) is 0 Å². The van der Waals surface area contributed by atoms with Crippen LogP contribution in [0.1, 0.15) is 52.0 Å². The Morgan fingerprint density at radius 2 is 2.17 bits per heavy atom. The molecule has 0 saturated carbocycles. The molecule has 1 aliphatic heterocycles. The Bertz CT molecular complexity index is 622. The SMILES string of the molecule is CCO[C@H]1CN(C)C[C@@H]1NC(=O)c1c(C)oc2c1C(=O)CCC2. The summed E-state index contributed by atoms with van der Waals surface area (Å²) in [5, 5.41) is 3.04. The van der Waals surface area contributed by atoms with E-state index in [1.165, 1.54) is 0 Å². The third kappa shape index (κ3) is 3.05. The number of ether oxygens (including phenoxy) is 1. The highest BCUT2D eigenvalue weighted by Crippen LogP contribution is 2.29. The quantitative estimate of drug-likeness (QED) is 0.911. The van der Waals surface area contributed by atoms with E-state index < -0.39 is 0 Å². The minimum Gasteiger partial charge on any atom is -0.465 e. The first-order valence-corrected chi connectivity index (χ1v) is 8.27. The Hall–Kier alpha value is -1.66. The van der Waals surface area contributed by atoms with Gasteiger partial charge in [0, 0.05) is 32.5 Å². The zero-order valence-electron chi connectivity index (χ0n) is 14.0. The van der Waals surface area contributed by atoms with Gasteiger partial charge < -0.3 is 19.4 Å². The van der Waals surface area contributed by atoms with Crippen molar-refractivity contribution in [3.05, 3.63) is 22.6 Å². The zero-order valence-corrected chi connectivity index (χ0v) is 14.0. The molecule has 1 aliphatic carbocycles. The second kappa shape index (κ2) is 6.45. The molecule has 1 N–H and O–H groups in total. The van der Waals surface area contributed by atoms with E-state index in [2.05, 4.69) is 10.2 Å². The summed E-state index contributed by atoms with van der Waals surface area (Å²) in [6.45, 7) is 5.85. The molecule has 1 amide bonds. The summed E-state index contributed by atoms with van der Waals surface area (Å²) in [5.74, 6) is 0.974. The summed E-state index contributed by atoms with van der Waals surface area (Å²) in [5.41, 5.74) is 0.903. The number of amides is 1. The van der Waals surface area contributed by atoms with E-state index in [1.807, 2.05) is 14.0 Å². The van der Waals surface area contributed by atoms with Crippen molar-refractivity contribution in [3.63, 3.8) is 0 Å². The van der Waals surface area contributed by atoms with Crippen molar-refractivity contribution in [2.75, 3.05) is 26.7 Å². The van der Waals surface area contributed by atoms with E-state index in [0.29, 0.717) is 35.7 Å². The van der Waals surface area contributed by atoms with Gasteiger partial charge in [-0.1, -0.05) is 0 Å². The first-order chi connectivity index (χ1) is 11.0. The molecule has 1 aromatic rings. The Balaban J connectivity index is 1.81. The van der Waals surface area contributed by atoms with Gasteiger partial charge in [0.25, 0.3) is 5.91 Å². The first-order valence-electron chi connectivity index (χ1n) is 8.27. The molecular formula is C17H24N2O4. The summed E-state index contributed by atoms with van der Waals surface area (Å²) < 4.78 is 11.4. The number of rotatable bonds is 4. The lowest BCUT2D eigenvalue weighted by molar-refractivity contribution is 0.0512. The van der Waals surface area contributed by atoms with E-state index in [0.717, 1.165) is 25.9 Å². The topological polar surface area (TPSA) is 71.8 Å². The molecule has 6 heteroatoms. The van der Waals surface area contributed by atoms with Crippen LogP contribution in [-0.2, 0) is 11.2 Å². The number of nitrogens with zero attached hydrogens (tertiary/aromatic N) is 1. The molecule has 2 atom stereocenters. The van der Waals surface area contributed by atoms with Crippen LogP contribution in [0.5, 0.6) is 0 Å². The second-order valence-corrected chi connectivity index (χ2v) is 6.40. The fourth-order valence-electron chi connectivity index (χ4n) is 3.61. The van der Waals surface area contributed by atoms with Gasteiger partial charge >= 0.3 is 0 Å². The number of carbonyl (C=O) groups is 2. The minimum absolute atomic E-state index is 0.0122. The fourth-order valence-corrected chi connectivity index (χ4v) is 3.61. The van der Waals surface area contributed by atoms with Crippen LogP contribution in [-0.4, -0.2) is 55.5 Å². The maximum Gasteiger partial charge on any atom is 0.255 e. The highest BCUT2D eigenvalue weighted by atomic mass is 16.5. The van der Waals surface area contributed by atoms with Crippen LogP contribution in [0.4, 0.5) is 0 Å². The molecule has 0 spiro atoms. The molecule has 126 valence electrons. The molecule has 3 rings (SSSR count). The third-order valence-corrected chi connectivity index (χ3v) is 4.62. The number of aryl methyl sites for hydroxylation is 2. The van der Waals surface area contributed by atoms with Gasteiger partial charge in [-0.05, 0) is 27.3 Å². The second-order valence-electron chi connectivity index (χ2n) is 6.40. The lowest BCUT2D eigenvalue weighted by Crippen LogP contribution is -2.44. The van der Waals surface area contributed by atoms with Crippen LogP contribution in [0.3, 0.4) is 0 Å². The zero-order chi connectivity index (χ0) is 16.6. The van der Waals surface area contributed by atoms with Crippen molar-refractivity contribution < 1.29 is 18.7 Å². The molecule has 0 aromatic carbocycles.